The molecule has 0 aliphatic heterocycles. The summed E-state index contributed by atoms with van der Waals surface area (Å²) >= 11 is 1.53. The normalized spacial score (nSPS) is 10.5. The fourth-order valence-electron chi connectivity index (χ4n) is 1.69. The SMILES string of the molecule is Cc1nn(C)c(C)c1C(=O)NCc1nccs1. The molecule has 0 unspecified atom stereocenters. The van der Waals surface area contributed by atoms with Crippen LogP contribution < -0.4 is 5.32 Å². The van der Waals surface area contributed by atoms with Crippen LogP contribution in [0.25, 0.3) is 0 Å². The molecule has 2 heterocycles. The van der Waals surface area contributed by atoms with Crippen molar-refractivity contribution >= 4 is 17.2 Å². The summed E-state index contributed by atoms with van der Waals surface area (Å²) in [6, 6.07) is 0. The van der Waals surface area contributed by atoms with Crippen LogP contribution >= 0.6 is 11.3 Å². The first-order valence-corrected chi connectivity index (χ1v) is 6.14. The van der Waals surface area contributed by atoms with Gasteiger partial charge in [0.2, 0.25) is 0 Å². The highest BCUT2D eigenvalue weighted by Crippen LogP contribution is 2.12. The van der Waals surface area contributed by atoms with Crippen LogP contribution in [0.2, 0.25) is 0 Å². The molecule has 0 aliphatic carbocycles. The molecule has 0 saturated carbocycles. The lowest BCUT2D eigenvalue weighted by molar-refractivity contribution is 0.0949. The first kappa shape index (κ1) is 11.8. The van der Waals surface area contributed by atoms with Gasteiger partial charge in [-0.2, -0.15) is 5.10 Å². The molecule has 2 aromatic rings. The minimum Gasteiger partial charge on any atom is -0.345 e. The van der Waals surface area contributed by atoms with Gasteiger partial charge in [-0.3, -0.25) is 9.48 Å². The second-order valence-electron chi connectivity index (χ2n) is 3.78. The summed E-state index contributed by atoms with van der Waals surface area (Å²) in [6.07, 6.45) is 1.73. The highest BCUT2D eigenvalue weighted by atomic mass is 32.1. The maximum atomic E-state index is 12.0. The fourth-order valence-corrected chi connectivity index (χ4v) is 2.24. The number of aromatic nitrogens is 3. The van der Waals surface area contributed by atoms with Gasteiger partial charge in [-0.15, -0.1) is 11.3 Å². The van der Waals surface area contributed by atoms with Crippen molar-refractivity contribution < 1.29 is 4.79 Å². The van der Waals surface area contributed by atoms with Crippen molar-refractivity contribution in [2.24, 2.45) is 7.05 Å². The molecule has 0 spiro atoms. The van der Waals surface area contributed by atoms with E-state index in [0.717, 1.165) is 16.4 Å². The fraction of sp³-hybridized carbons (Fsp3) is 0.364. The van der Waals surface area contributed by atoms with E-state index in [9.17, 15) is 4.79 Å². The Bertz CT molecular complexity index is 530. The van der Waals surface area contributed by atoms with Crippen LogP contribution in [-0.4, -0.2) is 20.7 Å². The molecule has 0 radical (unpaired) electrons. The Kier molecular flexibility index (Phi) is 3.23. The van der Waals surface area contributed by atoms with E-state index in [1.54, 1.807) is 10.9 Å². The predicted molar refractivity (Wildman–Crippen MR) is 66.0 cm³/mol. The molecule has 6 heteroatoms. The van der Waals surface area contributed by atoms with Crippen LogP contribution in [0.15, 0.2) is 11.6 Å². The zero-order chi connectivity index (χ0) is 12.4. The Hall–Kier alpha value is -1.69. The summed E-state index contributed by atoms with van der Waals surface area (Å²) in [4.78, 5) is 16.1. The molecule has 2 aromatic heterocycles. The summed E-state index contributed by atoms with van der Waals surface area (Å²) in [5.41, 5.74) is 2.28. The van der Waals surface area contributed by atoms with Crippen LogP contribution in [0.5, 0.6) is 0 Å². The average molecular weight is 250 g/mol. The summed E-state index contributed by atoms with van der Waals surface area (Å²) in [5.74, 6) is -0.0942. The number of rotatable bonds is 3. The first-order valence-electron chi connectivity index (χ1n) is 5.26. The number of aryl methyl sites for hydroxylation is 2. The molecule has 0 atom stereocenters. The van der Waals surface area contributed by atoms with Crippen molar-refractivity contribution in [2.75, 3.05) is 0 Å². The van der Waals surface area contributed by atoms with Gasteiger partial charge in [-0.05, 0) is 13.8 Å². The highest BCUT2D eigenvalue weighted by molar-refractivity contribution is 7.09. The van der Waals surface area contributed by atoms with Gasteiger partial charge in [0.25, 0.3) is 5.91 Å². The Balaban J connectivity index is 2.10. The molecule has 0 saturated heterocycles. The maximum absolute atomic E-state index is 12.0. The third kappa shape index (κ3) is 2.36. The molecule has 90 valence electrons. The smallest absolute Gasteiger partial charge is 0.255 e. The lowest BCUT2D eigenvalue weighted by Crippen LogP contribution is -2.23. The zero-order valence-corrected chi connectivity index (χ0v) is 10.8. The van der Waals surface area contributed by atoms with Crippen LogP contribution in [0.3, 0.4) is 0 Å². The largest absolute Gasteiger partial charge is 0.345 e. The monoisotopic (exact) mass is 250 g/mol. The minimum absolute atomic E-state index is 0.0942. The number of carbonyl (C=O) groups is 1. The van der Waals surface area contributed by atoms with E-state index < -0.39 is 0 Å². The average Bonchev–Trinajstić information content (AvgIpc) is 2.86. The molecule has 5 nitrogen and oxygen atoms in total. The van der Waals surface area contributed by atoms with Crippen molar-refractivity contribution in [1.29, 1.82) is 0 Å². The second-order valence-corrected chi connectivity index (χ2v) is 4.76. The summed E-state index contributed by atoms with van der Waals surface area (Å²) in [6.45, 7) is 4.19. The third-order valence-corrected chi connectivity index (χ3v) is 3.40. The summed E-state index contributed by atoms with van der Waals surface area (Å²) in [7, 11) is 1.83. The van der Waals surface area contributed by atoms with Gasteiger partial charge < -0.3 is 5.32 Å². The minimum atomic E-state index is -0.0942. The number of thiazole rings is 1. The second kappa shape index (κ2) is 4.67. The molecular weight excluding hydrogens is 236 g/mol. The van der Waals surface area contributed by atoms with Crippen LogP contribution in [0.4, 0.5) is 0 Å². The molecule has 0 aromatic carbocycles. The standard InChI is InChI=1S/C11H14N4OS/c1-7-10(8(2)15(3)14-7)11(16)13-6-9-12-4-5-17-9/h4-5H,6H2,1-3H3,(H,13,16). The van der Waals surface area contributed by atoms with Crippen molar-refractivity contribution in [1.82, 2.24) is 20.1 Å². The lowest BCUT2D eigenvalue weighted by Gasteiger charge is -2.03. The number of hydrogen-bond acceptors (Lipinski definition) is 4. The van der Waals surface area contributed by atoms with Gasteiger partial charge in [-0.1, -0.05) is 0 Å². The summed E-state index contributed by atoms with van der Waals surface area (Å²) < 4.78 is 1.72. The molecule has 2 rings (SSSR count). The zero-order valence-electron chi connectivity index (χ0n) is 10.0. The molecule has 0 aliphatic rings. The van der Waals surface area contributed by atoms with Crippen molar-refractivity contribution in [3.05, 3.63) is 33.5 Å². The van der Waals surface area contributed by atoms with E-state index in [4.69, 9.17) is 0 Å². The Labute approximate surface area is 103 Å². The summed E-state index contributed by atoms with van der Waals surface area (Å²) in [5, 5.41) is 9.86. The van der Waals surface area contributed by atoms with E-state index in [-0.39, 0.29) is 5.91 Å². The molecule has 17 heavy (non-hydrogen) atoms. The Morgan fingerprint density at radius 1 is 1.53 bits per heavy atom. The Morgan fingerprint density at radius 3 is 2.82 bits per heavy atom. The van der Waals surface area contributed by atoms with E-state index in [0.29, 0.717) is 12.1 Å². The number of carbonyl (C=O) groups excluding carboxylic acids is 1. The van der Waals surface area contributed by atoms with Crippen molar-refractivity contribution in [3.63, 3.8) is 0 Å². The first-order chi connectivity index (χ1) is 8.09. The van der Waals surface area contributed by atoms with Gasteiger partial charge in [0.1, 0.15) is 5.01 Å². The molecule has 1 amide bonds. The van der Waals surface area contributed by atoms with Gasteiger partial charge in [0.15, 0.2) is 0 Å². The van der Waals surface area contributed by atoms with Gasteiger partial charge in [0, 0.05) is 24.3 Å². The van der Waals surface area contributed by atoms with E-state index in [2.05, 4.69) is 15.4 Å². The van der Waals surface area contributed by atoms with E-state index in [1.807, 2.05) is 26.3 Å². The number of nitrogens with one attached hydrogen (secondary N) is 1. The number of nitrogens with zero attached hydrogens (tertiary/aromatic N) is 3. The van der Waals surface area contributed by atoms with Gasteiger partial charge in [0.05, 0.1) is 17.8 Å². The number of amides is 1. The third-order valence-electron chi connectivity index (χ3n) is 2.62. The quantitative estimate of drug-likeness (QED) is 0.896. The van der Waals surface area contributed by atoms with Gasteiger partial charge in [-0.25, -0.2) is 4.98 Å². The number of hydrogen-bond donors (Lipinski definition) is 1. The van der Waals surface area contributed by atoms with Crippen molar-refractivity contribution in [3.8, 4) is 0 Å². The van der Waals surface area contributed by atoms with Gasteiger partial charge >= 0.3 is 0 Å². The molecule has 0 fully saturated rings. The molecule has 0 bridgehead atoms. The van der Waals surface area contributed by atoms with Crippen molar-refractivity contribution in [2.45, 2.75) is 20.4 Å². The molecule has 1 N–H and O–H groups in total. The highest BCUT2D eigenvalue weighted by Gasteiger charge is 2.16. The van der Waals surface area contributed by atoms with Crippen LogP contribution in [0.1, 0.15) is 26.8 Å². The lowest BCUT2D eigenvalue weighted by atomic mass is 10.2. The Morgan fingerprint density at radius 2 is 2.29 bits per heavy atom. The predicted octanol–water partition coefficient (Wildman–Crippen LogP) is 1.42. The van der Waals surface area contributed by atoms with E-state index >= 15 is 0 Å². The maximum Gasteiger partial charge on any atom is 0.255 e. The van der Waals surface area contributed by atoms with Crippen LogP contribution in [-0.2, 0) is 13.6 Å². The molecular formula is C11H14N4OS. The topological polar surface area (TPSA) is 59.8 Å². The van der Waals surface area contributed by atoms with E-state index in [1.165, 1.54) is 11.3 Å². The van der Waals surface area contributed by atoms with Crippen LogP contribution in [0, 0.1) is 13.8 Å².